The third-order valence-corrected chi connectivity index (χ3v) is 6.60. The number of amides is 1. The van der Waals surface area contributed by atoms with Crippen molar-refractivity contribution < 1.29 is 9.21 Å². The van der Waals surface area contributed by atoms with Crippen LogP contribution in [-0.4, -0.2) is 15.5 Å². The molecule has 0 spiro atoms. The van der Waals surface area contributed by atoms with Crippen LogP contribution in [0.15, 0.2) is 71.4 Å². The number of benzene rings is 2. The van der Waals surface area contributed by atoms with E-state index in [0.29, 0.717) is 24.1 Å². The van der Waals surface area contributed by atoms with Crippen molar-refractivity contribution in [3.8, 4) is 22.7 Å². The fourth-order valence-electron chi connectivity index (χ4n) is 4.65. The average Bonchev–Trinajstić information content (AvgIpc) is 3.59. The summed E-state index contributed by atoms with van der Waals surface area (Å²) < 4.78 is 8.37. The molecule has 0 aliphatic heterocycles. The van der Waals surface area contributed by atoms with E-state index < -0.39 is 0 Å². The maximum Gasteiger partial charge on any atom is 0.287 e. The Morgan fingerprint density at radius 1 is 1.03 bits per heavy atom. The molecule has 5 nitrogen and oxygen atoms in total. The zero-order chi connectivity index (χ0) is 22.8. The Kier molecular flexibility index (Phi) is 5.86. The van der Waals surface area contributed by atoms with Crippen LogP contribution in [0.2, 0.25) is 0 Å². The van der Waals surface area contributed by atoms with E-state index in [9.17, 15) is 4.79 Å². The lowest BCUT2D eigenvalue weighted by Crippen LogP contribution is -2.22. The van der Waals surface area contributed by atoms with Gasteiger partial charge in [0.15, 0.2) is 11.5 Å². The van der Waals surface area contributed by atoms with Gasteiger partial charge in [-0.3, -0.25) is 4.79 Å². The average molecular weight is 440 g/mol. The third-order valence-electron chi connectivity index (χ3n) is 6.60. The van der Waals surface area contributed by atoms with Gasteiger partial charge >= 0.3 is 0 Å². The second-order valence-corrected chi connectivity index (χ2v) is 8.93. The maximum absolute atomic E-state index is 12.8. The van der Waals surface area contributed by atoms with Crippen LogP contribution in [0.1, 0.15) is 59.0 Å². The number of hydrogen-bond acceptors (Lipinski definition) is 3. The van der Waals surface area contributed by atoms with E-state index in [1.807, 2.05) is 43.6 Å². The van der Waals surface area contributed by atoms with Gasteiger partial charge in [0.2, 0.25) is 0 Å². The second-order valence-electron chi connectivity index (χ2n) is 8.93. The summed E-state index contributed by atoms with van der Waals surface area (Å²) in [5, 5.41) is 2.98. The zero-order valence-corrected chi connectivity index (χ0v) is 19.2. The van der Waals surface area contributed by atoms with Crippen LogP contribution in [0, 0.1) is 13.8 Å². The van der Waals surface area contributed by atoms with Gasteiger partial charge in [0.25, 0.3) is 5.91 Å². The van der Waals surface area contributed by atoms with Gasteiger partial charge in [0.1, 0.15) is 5.69 Å². The molecule has 4 aromatic rings. The zero-order valence-electron chi connectivity index (χ0n) is 19.2. The van der Waals surface area contributed by atoms with Gasteiger partial charge in [0, 0.05) is 18.2 Å². The maximum atomic E-state index is 12.8. The molecule has 1 saturated carbocycles. The van der Waals surface area contributed by atoms with Crippen LogP contribution < -0.4 is 5.32 Å². The molecular weight excluding hydrogens is 410 g/mol. The molecule has 0 bridgehead atoms. The first-order valence-corrected chi connectivity index (χ1v) is 11.7. The van der Waals surface area contributed by atoms with Gasteiger partial charge < -0.3 is 14.3 Å². The lowest BCUT2D eigenvalue weighted by atomic mass is 10.1. The number of rotatable bonds is 6. The molecule has 1 fully saturated rings. The molecule has 1 aliphatic rings. The van der Waals surface area contributed by atoms with Crippen LogP contribution in [0.5, 0.6) is 0 Å². The Labute approximate surface area is 194 Å². The van der Waals surface area contributed by atoms with E-state index in [1.54, 1.807) is 6.07 Å². The molecule has 0 atom stereocenters. The summed E-state index contributed by atoms with van der Waals surface area (Å²) in [4.78, 5) is 17.6. The summed E-state index contributed by atoms with van der Waals surface area (Å²) in [6, 6.07) is 20.5. The van der Waals surface area contributed by atoms with Gasteiger partial charge in [-0.05, 0) is 49.9 Å². The van der Waals surface area contributed by atoms with E-state index in [0.717, 1.165) is 40.9 Å². The Morgan fingerprint density at radius 3 is 2.55 bits per heavy atom. The predicted molar refractivity (Wildman–Crippen MR) is 130 cm³/mol. The van der Waals surface area contributed by atoms with Crippen LogP contribution in [0.3, 0.4) is 0 Å². The molecule has 2 aromatic heterocycles. The minimum absolute atomic E-state index is 0.215. The number of nitrogens with zero attached hydrogens (tertiary/aromatic N) is 2. The molecular formula is C28H29N3O2. The number of furan rings is 1. The highest BCUT2D eigenvalue weighted by Crippen LogP contribution is 2.39. The van der Waals surface area contributed by atoms with Crippen molar-refractivity contribution in [2.45, 2.75) is 52.1 Å². The lowest BCUT2D eigenvalue weighted by Gasteiger charge is -2.15. The fraction of sp³-hybridized carbons (Fsp3) is 0.286. The number of carbonyl (C=O) groups excluding carboxylic acids is 1. The van der Waals surface area contributed by atoms with Gasteiger partial charge in [-0.15, -0.1) is 0 Å². The molecule has 168 valence electrons. The van der Waals surface area contributed by atoms with Gasteiger partial charge in [-0.2, -0.15) is 0 Å². The molecule has 0 unspecified atom stereocenters. The first kappa shape index (κ1) is 21.3. The number of aryl methyl sites for hydroxylation is 2. The highest BCUT2D eigenvalue weighted by molar-refractivity contribution is 5.92. The summed E-state index contributed by atoms with van der Waals surface area (Å²) in [5.74, 6) is 0.775. The van der Waals surface area contributed by atoms with Crippen molar-refractivity contribution in [1.29, 1.82) is 0 Å². The smallest absolute Gasteiger partial charge is 0.287 e. The van der Waals surface area contributed by atoms with Gasteiger partial charge in [-0.1, -0.05) is 66.9 Å². The topological polar surface area (TPSA) is 60.1 Å². The number of nitrogens with one attached hydrogen (secondary N) is 1. The minimum Gasteiger partial charge on any atom is -0.449 e. The van der Waals surface area contributed by atoms with E-state index in [1.165, 1.54) is 18.4 Å². The summed E-state index contributed by atoms with van der Waals surface area (Å²) in [6.07, 6.45) is 6.67. The molecule has 1 aliphatic carbocycles. The summed E-state index contributed by atoms with van der Waals surface area (Å²) >= 11 is 0. The molecule has 0 radical (unpaired) electrons. The highest BCUT2D eigenvalue weighted by atomic mass is 16.4. The highest BCUT2D eigenvalue weighted by Gasteiger charge is 2.25. The van der Waals surface area contributed by atoms with Crippen LogP contribution in [-0.2, 0) is 6.54 Å². The van der Waals surface area contributed by atoms with Crippen molar-refractivity contribution in [3.63, 3.8) is 0 Å². The van der Waals surface area contributed by atoms with Crippen LogP contribution in [0.4, 0.5) is 0 Å². The number of hydrogen-bond donors (Lipinski definition) is 1. The fourth-order valence-corrected chi connectivity index (χ4v) is 4.65. The lowest BCUT2D eigenvalue weighted by molar-refractivity contribution is 0.0924. The number of aromatic nitrogens is 2. The van der Waals surface area contributed by atoms with Crippen LogP contribution >= 0.6 is 0 Å². The van der Waals surface area contributed by atoms with Crippen molar-refractivity contribution in [3.05, 3.63) is 89.4 Å². The van der Waals surface area contributed by atoms with E-state index in [4.69, 9.17) is 9.40 Å². The van der Waals surface area contributed by atoms with Crippen molar-refractivity contribution >= 4 is 5.91 Å². The summed E-state index contributed by atoms with van der Waals surface area (Å²) in [6.45, 7) is 4.59. The summed E-state index contributed by atoms with van der Waals surface area (Å²) in [7, 11) is 0. The normalized spacial score (nSPS) is 14.0. The van der Waals surface area contributed by atoms with E-state index in [2.05, 4.69) is 41.1 Å². The van der Waals surface area contributed by atoms with E-state index >= 15 is 0 Å². The molecule has 1 amide bonds. The second kappa shape index (κ2) is 9.10. The van der Waals surface area contributed by atoms with Gasteiger partial charge in [0.05, 0.1) is 12.0 Å². The van der Waals surface area contributed by atoms with Gasteiger partial charge in [-0.25, -0.2) is 4.98 Å². The molecule has 5 heteroatoms. The quantitative estimate of drug-likeness (QED) is 0.374. The molecule has 2 heterocycles. The Hall–Kier alpha value is -3.60. The van der Waals surface area contributed by atoms with Crippen molar-refractivity contribution in [1.82, 2.24) is 14.9 Å². The standard InChI is InChI=1S/C28H29N3O2/c1-19-11-13-21(14-12-19)26-27(31(18-30-26)23-9-5-6-10-23)24-15-16-25(33-24)28(32)29-17-22-8-4-3-7-20(22)2/h3-4,7-8,11-16,18,23H,5-6,9-10,17H2,1-2H3,(H,29,32). The third kappa shape index (κ3) is 4.36. The molecule has 5 rings (SSSR count). The molecule has 1 N–H and O–H groups in total. The number of carbonyl (C=O) groups is 1. The van der Waals surface area contributed by atoms with Crippen molar-refractivity contribution in [2.24, 2.45) is 0 Å². The first-order chi connectivity index (χ1) is 16.1. The van der Waals surface area contributed by atoms with E-state index in [-0.39, 0.29) is 5.91 Å². The first-order valence-electron chi connectivity index (χ1n) is 11.7. The SMILES string of the molecule is Cc1ccc(-c2ncn(C3CCCC3)c2-c2ccc(C(=O)NCc3ccccc3C)o2)cc1. The molecule has 33 heavy (non-hydrogen) atoms. The molecule has 2 aromatic carbocycles. The van der Waals surface area contributed by atoms with Crippen molar-refractivity contribution in [2.75, 3.05) is 0 Å². The number of imidazole rings is 1. The Bertz CT molecular complexity index is 1260. The minimum atomic E-state index is -0.215. The predicted octanol–water partition coefficient (Wildman–Crippen LogP) is 6.47. The van der Waals surface area contributed by atoms with Crippen LogP contribution in [0.25, 0.3) is 22.7 Å². The Morgan fingerprint density at radius 2 is 1.79 bits per heavy atom. The Balaban J connectivity index is 1.45. The monoisotopic (exact) mass is 439 g/mol. The largest absolute Gasteiger partial charge is 0.449 e. The molecule has 0 saturated heterocycles. The summed E-state index contributed by atoms with van der Waals surface area (Å²) in [5.41, 5.74) is 6.35.